The summed E-state index contributed by atoms with van der Waals surface area (Å²) < 4.78 is 5.13. The first-order valence-electron chi connectivity index (χ1n) is 11.0. The lowest BCUT2D eigenvalue weighted by Crippen LogP contribution is -2.56. The zero-order chi connectivity index (χ0) is 23.5. The van der Waals surface area contributed by atoms with Crippen LogP contribution in [0.5, 0.6) is 0 Å². The lowest BCUT2D eigenvalue weighted by atomic mass is 10.1. The smallest absolute Gasteiger partial charge is 0.249 e. The van der Waals surface area contributed by atoms with Crippen LogP contribution in [-0.2, 0) is 25.7 Å². The number of nitrogens with one attached hydrogen (secondary N) is 1. The number of β-amino-alcohol motifs (C(OH)–C–C–N with tert-alkyl or cyclic N) is 1. The number of aliphatic hydroxyl groups is 1. The number of likely N-dealkylation sites (tertiary alicyclic amines) is 1. The fraction of sp³-hybridized carbons (Fsp3) is 0.478. The van der Waals surface area contributed by atoms with E-state index in [-0.39, 0.29) is 37.3 Å². The molecule has 3 atom stereocenters. The quantitative estimate of drug-likeness (QED) is 0.647. The molecule has 0 saturated carbocycles. The summed E-state index contributed by atoms with van der Waals surface area (Å²) in [5.41, 5.74) is 4.81. The van der Waals surface area contributed by atoms with E-state index in [1.54, 1.807) is 18.3 Å². The van der Waals surface area contributed by atoms with E-state index in [1.807, 2.05) is 36.7 Å². The number of aliphatic hydroxyl groups excluding tert-OH is 1. The number of carbonyl (C=O) groups excluding carboxylic acids is 3. The Morgan fingerprint density at radius 3 is 2.76 bits per heavy atom. The van der Waals surface area contributed by atoms with Crippen molar-refractivity contribution in [2.75, 3.05) is 26.3 Å². The first-order chi connectivity index (χ1) is 15.8. The van der Waals surface area contributed by atoms with Crippen LogP contribution in [0, 0.1) is 6.92 Å². The molecule has 1 aromatic carbocycles. The van der Waals surface area contributed by atoms with Gasteiger partial charge in [0, 0.05) is 26.1 Å². The molecule has 33 heavy (non-hydrogen) atoms. The average molecular weight is 473 g/mol. The van der Waals surface area contributed by atoms with Gasteiger partial charge < -0.3 is 25.0 Å². The highest BCUT2D eigenvalue weighted by molar-refractivity contribution is 7.13. The van der Waals surface area contributed by atoms with Gasteiger partial charge in [0.25, 0.3) is 0 Å². The van der Waals surface area contributed by atoms with Gasteiger partial charge in [0.1, 0.15) is 18.7 Å². The molecule has 0 bridgehead atoms. The molecule has 9 nitrogen and oxygen atoms in total. The number of thiazole rings is 1. The summed E-state index contributed by atoms with van der Waals surface area (Å²) in [7, 11) is 0. The fourth-order valence-electron chi connectivity index (χ4n) is 4.28. The normalized spacial score (nSPS) is 21.8. The number of amides is 3. The summed E-state index contributed by atoms with van der Waals surface area (Å²) in [6, 6.07) is 6.41. The molecule has 3 amide bonds. The van der Waals surface area contributed by atoms with Crippen molar-refractivity contribution in [1.29, 1.82) is 0 Å². The Morgan fingerprint density at radius 2 is 2.09 bits per heavy atom. The predicted molar refractivity (Wildman–Crippen MR) is 122 cm³/mol. The number of hydrogen-bond donors (Lipinski definition) is 2. The third-order valence-corrected chi connectivity index (χ3v) is 7.12. The number of hydrogen-bond acceptors (Lipinski definition) is 7. The Labute approximate surface area is 196 Å². The summed E-state index contributed by atoms with van der Waals surface area (Å²) >= 11 is 1.59. The van der Waals surface area contributed by atoms with Crippen molar-refractivity contribution in [1.82, 2.24) is 20.1 Å². The van der Waals surface area contributed by atoms with Crippen LogP contribution in [0.25, 0.3) is 10.4 Å². The van der Waals surface area contributed by atoms with Gasteiger partial charge >= 0.3 is 0 Å². The maximum atomic E-state index is 13.1. The molecule has 3 heterocycles. The molecule has 10 heteroatoms. The SMILES string of the molecule is Cc1ncsc1-c1ccc(CNC(=O)C2CC(O)CN2C(=O)C(C)N2CCOCC2=O)cc1. The summed E-state index contributed by atoms with van der Waals surface area (Å²) in [4.78, 5) is 46.4. The number of carbonyl (C=O) groups is 3. The largest absolute Gasteiger partial charge is 0.391 e. The summed E-state index contributed by atoms with van der Waals surface area (Å²) in [6.07, 6.45) is -0.607. The Morgan fingerprint density at radius 1 is 1.33 bits per heavy atom. The molecule has 2 N–H and O–H groups in total. The minimum absolute atomic E-state index is 0.0501. The molecule has 0 radical (unpaired) electrons. The first kappa shape index (κ1) is 23.3. The van der Waals surface area contributed by atoms with Gasteiger partial charge in [-0.1, -0.05) is 24.3 Å². The molecule has 2 aromatic rings. The van der Waals surface area contributed by atoms with Gasteiger partial charge in [0.2, 0.25) is 17.7 Å². The van der Waals surface area contributed by atoms with Crippen molar-refractivity contribution in [3.05, 3.63) is 41.0 Å². The molecule has 1 aromatic heterocycles. The third-order valence-electron chi connectivity index (χ3n) is 6.14. The van der Waals surface area contributed by atoms with E-state index >= 15 is 0 Å². The van der Waals surface area contributed by atoms with Crippen molar-refractivity contribution in [3.8, 4) is 10.4 Å². The zero-order valence-corrected chi connectivity index (χ0v) is 19.5. The molecular weight excluding hydrogens is 444 g/mol. The number of rotatable bonds is 6. The molecule has 176 valence electrons. The van der Waals surface area contributed by atoms with Crippen LogP contribution in [0.3, 0.4) is 0 Å². The van der Waals surface area contributed by atoms with Crippen LogP contribution >= 0.6 is 11.3 Å². The van der Waals surface area contributed by atoms with Crippen LogP contribution in [0.15, 0.2) is 29.8 Å². The van der Waals surface area contributed by atoms with Gasteiger partial charge in [0.15, 0.2) is 0 Å². The molecule has 3 unspecified atom stereocenters. The van der Waals surface area contributed by atoms with Crippen molar-refractivity contribution in [2.24, 2.45) is 0 Å². The molecule has 2 aliphatic rings. The Balaban J connectivity index is 1.38. The van der Waals surface area contributed by atoms with Gasteiger partial charge in [0.05, 0.1) is 28.8 Å². The minimum Gasteiger partial charge on any atom is -0.391 e. The summed E-state index contributed by atoms with van der Waals surface area (Å²) in [6.45, 7) is 4.66. The highest BCUT2D eigenvalue weighted by Gasteiger charge is 2.42. The average Bonchev–Trinajstić information content (AvgIpc) is 3.42. The van der Waals surface area contributed by atoms with Gasteiger partial charge in [-0.15, -0.1) is 11.3 Å². The standard InChI is InChI=1S/C23H28N4O5S/c1-14-21(33-13-25-14)17-5-3-16(4-6-17)10-24-22(30)19-9-18(28)11-27(19)23(31)15(2)26-7-8-32-12-20(26)29/h3-6,13,15,18-19,28H,7-12H2,1-2H3,(H,24,30). The van der Waals surface area contributed by atoms with Crippen molar-refractivity contribution < 1.29 is 24.2 Å². The summed E-state index contributed by atoms with van der Waals surface area (Å²) in [5.74, 6) is -0.908. The highest BCUT2D eigenvalue weighted by Crippen LogP contribution is 2.27. The fourth-order valence-corrected chi connectivity index (χ4v) is 5.09. The number of benzene rings is 1. The number of nitrogens with zero attached hydrogens (tertiary/aromatic N) is 3. The molecule has 4 rings (SSSR count). The third kappa shape index (κ3) is 5.07. The van der Waals surface area contributed by atoms with Crippen LogP contribution in [-0.4, -0.2) is 82.1 Å². The summed E-state index contributed by atoms with van der Waals surface area (Å²) in [5, 5.41) is 13.0. The first-order valence-corrected chi connectivity index (χ1v) is 11.9. The van der Waals surface area contributed by atoms with E-state index in [4.69, 9.17) is 4.74 Å². The van der Waals surface area contributed by atoms with E-state index in [0.717, 1.165) is 21.7 Å². The Kier molecular flexibility index (Phi) is 7.06. The topological polar surface area (TPSA) is 112 Å². The lowest BCUT2D eigenvalue weighted by Gasteiger charge is -2.35. The Hall–Kier alpha value is -2.82. The van der Waals surface area contributed by atoms with Crippen LogP contribution < -0.4 is 5.32 Å². The lowest BCUT2D eigenvalue weighted by molar-refractivity contribution is -0.154. The van der Waals surface area contributed by atoms with E-state index in [1.165, 1.54) is 9.80 Å². The second-order valence-corrected chi connectivity index (χ2v) is 9.25. The van der Waals surface area contributed by atoms with Crippen LogP contribution in [0.2, 0.25) is 0 Å². The molecule has 0 spiro atoms. The van der Waals surface area contributed by atoms with E-state index in [2.05, 4.69) is 10.3 Å². The number of aromatic nitrogens is 1. The second kappa shape index (κ2) is 9.98. The van der Waals surface area contributed by atoms with Crippen LogP contribution in [0.4, 0.5) is 0 Å². The van der Waals surface area contributed by atoms with Gasteiger partial charge in [-0.25, -0.2) is 4.98 Å². The number of aryl methyl sites for hydroxylation is 1. The maximum Gasteiger partial charge on any atom is 0.249 e. The van der Waals surface area contributed by atoms with Gasteiger partial charge in [-0.2, -0.15) is 0 Å². The Bertz CT molecular complexity index is 1020. The number of ether oxygens (including phenoxy) is 1. The molecule has 2 fully saturated rings. The second-order valence-electron chi connectivity index (χ2n) is 8.39. The van der Waals surface area contributed by atoms with E-state index in [9.17, 15) is 19.5 Å². The number of morpholine rings is 1. The van der Waals surface area contributed by atoms with Gasteiger partial charge in [-0.05, 0) is 25.0 Å². The molecule has 2 aliphatic heterocycles. The van der Waals surface area contributed by atoms with Crippen molar-refractivity contribution in [3.63, 3.8) is 0 Å². The van der Waals surface area contributed by atoms with Crippen molar-refractivity contribution in [2.45, 2.75) is 45.0 Å². The minimum atomic E-state index is -0.779. The van der Waals surface area contributed by atoms with Crippen molar-refractivity contribution >= 4 is 29.1 Å². The van der Waals surface area contributed by atoms with E-state index in [0.29, 0.717) is 19.7 Å². The van der Waals surface area contributed by atoms with Gasteiger partial charge in [-0.3, -0.25) is 14.4 Å². The van der Waals surface area contributed by atoms with E-state index < -0.39 is 18.2 Å². The zero-order valence-electron chi connectivity index (χ0n) is 18.7. The molecule has 0 aliphatic carbocycles. The molecular formula is C23H28N4O5S. The predicted octanol–water partition coefficient (Wildman–Crippen LogP) is 0.944. The molecule has 2 saturated heterocycles. The maximum absolute atomic E-state index is 13.1. The van der Waals surface area contributed by atoms with Crippen LogP contribution in [0.1, 0.15) is 24.6 Å². The monoisotopic (exact) mass is 472 g/mol. The highest BCUT2D eigenvalue weighted by atomic mass is 32.1.